The van der Waals surface area contributed by atoms with Gasteiger partial charge in [0.1, 0.15) is 5.69 Å². The molecular formula is C15H12N6S. The van der Waals surface area contributed by atoms with Crippen LogP contribution in [0.2, 0.25) is 0 Å². The fourth-order valence-corrected chi connectivity index (χ4v) is 2.98. The van der Waals surface area contributed by atoms with Crippen LogP contribution in [0.4, 0.5) is 16.5 Å². The Labute approximate surface area is 130 Å². The smallest absolute Gasteiger partial charge is 0.210 e. The Morgan fingerprint density at radius 3 is 3.00 bits per heavy atom. The lowest BCUT2D eigenvalue weighted by Gasteiger charge is -2.03. The number of rotatable bonds is 3. The number of benzene rings is 1. The molecule has 3 N–H and O–H groups in total. The molecule has 0 amide bonds. The van der Waals surface area contributed by atoms with Crippen molar-refractivity contribution in [1.82, 2.24) is 15.2 Å². The molecule has 0 bridgehead atoms. The third kappa shape index (κ3) is 2.42. The van der Waals surface area contributed by atoms with E-state index in [9.17, 15) is 0 Å². The van der Waals surface area contributed by atoms with E-state index < -0.39 is 0 Å². The minimum Gasteiger partial charge on any atom is -0.399 e. The number of aromatic nitrogens is 3. The second kappa shape index (κ2) is 5.19. The Balaban J connectivity index is 1.58. The van der Waals surface area contributed by atoms with E-state index in [2.05, 4.69) is 37.6 Å². The Bertz CT molecular complexity index is 870. The van der Waals surface area contributed by atoms with Crippen LogP contribution in [0.5, 0.6) is 0 Å². The maximum atomic E-state index is 5.77. The number of aliphatic imine (C=N–C) groups is 1. The Morgan fingerprint density at radius 2 is 2.09 bits per heavy atom. The number of pyridine rings is 1. The van der Waals surface area contributed by atoms with E-state index in [1.165, 1.54) is 16.9 Å². The van der Waals surface area contributed by atoms with Gasteiger partial charge in [0.25, 0.3) is 0 Å². The van der Waals surface area contributed by atoms with Gasteiger partial charge in [-0.3, -0.25) is 9.98 Å². The van der Waals surface area contributed by atoms with Crippen molar-refractivity contribution in [3.8, 4) is 10.7 Å². The standard InChI is InChI=1S/C15H12N6S/c16-11-3-4-18-13(6-11)14-20-21-15(22-14)19-12-2-1-9-7-17-8-10(9)5-12/h1-6,8H,7H2,(H2,16,18)(H,19,21). The average Bonchev–Trinajstić information content (AvgIpc) is 3.16. The molecule has 2 aromatic heterocycles. The van der Waals surface area contributed by atoms with Crippen molar-refractivity contribution >= 4 is 34.1 Å². The Hall–Kier alpha value is -2.80. The molecule has 22 heavy (non-hydrogen) atoms. The molecule has 108 valence electrons. The summed E-state index contributed by atoms with van der Waals surface area (Å²) < 4.78 is 0. The SMILES string of the molecule is Nc1ccnc(-c2nnc(Nc3ccc4c(c3)C=NC4)s2)c1. The van der Waals surface area contributed by atoms with Gasteiger partial charge in [0.05, 0.1) is 6.54 Å². The number of fused-ring (bicyclic) bond motifs is 1. The van der Waals surface area contributed by atoms with E-state index >= 15 is 0 Å². The van der Waals surface area contributed by atoms with Gasteiger partial charge in [0.2, 0.25) is 5.13 Å². The molecule has 1 aliphatic heterocycles. The van der Waals surface area contributed by atoms with E-state index in [0.717, 1.165) is 28.5 Å². The highest BCUT2D eigenvalue weighted by Crippen LogP contribution is 2.28. The van der Waals surface area contributed by atoms with Crippen molar-refractivity contribution in [2.75, 3.05) is 11.1 Å². The van der Waals surface area contributed by atoms with Gasteiger partial charge < -0.3 is 11.1 Å². The van der Waals surface area contributed by atoms with Crippen LogP contribution in [-0.4, -0.2) is 21.4 Å². The molecule has 4 rings (SSSR count). The van der Waals surface area contributed by atoms with Gasteiger partial charge in [0.15, 0.2) is 5.01 Å². The number of nitrogen functional groups attached to an aromatic ring is 1. The van der Waals surface area contributed by atoms with Crippen molar-refractivity contribution in [2.45, 2.75) is 6.54 Å². The largest absolute Gasteiger partial charge is 0.399 e. The average molecular weight is 308 g/mol. The monoisotopic (exact) mass is 308 g/mol. The Morgan fingerprint density at radius 1 is 1.14 bits per heavy atom. The molecule has 1 aromatic carbocycles. The van der Waals surface area contributed by atoms with E-state index in [1.807, 2.05) is 12.3 Å². The van der Waals surface area contributed by atoms with Crippen LogP contribution < -0.4 is 11.1 Å². The van der Waals surface area contributed by atoms with Crippen LogP contribution in [0.25, 0.3) is 10.7 Å². The molecular weight excluding hydrogens is 296 g/mol. The topological polar surface area (TPSA) is 89.1 Å². The lowest BCUT2D eigenvalue weighted by molar-refractivity contribution is 1.09. The summed E-state index contributed by atoms with van der Waals surface area (Å²) in [6.07, 6.45) is 3.56. The molecule has 0 atom stereocenters. The molecule has 1 aliphatic rings. The minimum atomic E-state index is 0.660. The molecule has 0 saturated carbocycles. The summed E-state index contributed by atoms with van der Waals surface area (Å²) in [4.78, 5) is 8.51. The zero-order chi connectivity index (χ0) is 14.9. The fraction of sp³-hybridized carbons (Fsp3) is 0.0667. The molecule has 0 spiro atoms. The maximum Gasteiger partial charge on any atom is 0.210 e. The molecule has 3 heterocycles. The molecule has 3 aromatic rings. The van der Waals surface area contributed by atoms with Crippen molar-refractivity contribution < 1.29 is 0 Å². The summed E-state index contributed by atoms with van der Waals surface area (Å²) >= 11 is 1.44. The second-order valence-corrected chi connectivity index (χ2v) is 5.87. The van der Waals surface area contributed by atoms with Crippen molar-refractivity contribution in [2.24, 2.45) is 4.99 Å². The van der Waals surface area contributed by atoms with Crippen molar-refractivity contribution in [1.29, 1.82) is 0 Å². The highest BCUT2D eigenvalue weighted by Gasteiger charge is 2.10. The van der Waals surface area contributed by atoms with Gasteiger partial charge in [-0.15, -0.1) is 10.2 Å². The number of hydrogen-bond donors (Lipinski definition) is 2. The van der Waals surface area contributed by atoms with Crippen molar-refractivity contribution in [3.05, 3.63) is 47.7 Å². The summed E-state index contributed by atoms with van der Waals surface area (Å²) in [5.74, 6) is 0. The molecule has 6 nitrogen and oxygen atoms in total. The summed E-state index contributed by atoms with van der Waals surface area (Å²) in [5, 5.41) is 13.0. The fourth-order valence-electron chi connectivity index (χ4n) is 2.24. The van der Waals surface area contributed by atoms with Gasteiger partial charge in [-0.05, 0) is 35.4 Å². The van der Waals surface area contributed by atoms with Crippen LogP contribution in [-0.2, 0) is 6.54 Å². The molecule has 7 heteroatoms. The maximum absolute atomic E-state index is 5.77. The number of anilines is 3. The molecule has 0 saturated heterocycles. The third-order valence-electron chi connectivity index (χ3n) is 3.32. The lowest BCUT2D eigenvalue weighted by atomic mass is 10.1. The zero-order valence-corrected chi connectivity index (χ0v) is 12.3. The van der Waals surface area contributed by atoms with Crippen LogP contribution >= 0.6 is 11.3 Å². The number of nitrogens with two attached hydrogens (primary N) is 1. The lowest BCUT2D eigenvalue weighted by Crippen LogP contribution is -1.92. The summed E-state index contributed by atoms with van der Waals surface area (Å²) in [6.45, 7) is 0.764. The Kier molecular flexibility index (Phi) is 3.05. The van der Waals surface area contributed by atoms with E-state index in [0.29, 0.717) is 10.8 Å². The van der Waals surface area contributed by atoms with E-state index in [-0.39, 0.29) is 0 Å². The third-order valence-corrected chi connectivity index (χ3v) is 4.18. The van der Waals surface area contributed by atoms with Crippen molar-refractivity contribution in [3.63, 3.8) is 0 Å². The first kappa shape index (κ1) is 12.9. The van der Waals surface area contributed by atoms with Gasteiger partial charge in [-0.25, -0.2) is 0 Å². The van der Waals surface area contributed by atoms with Gasteiger partial charge >= 0.3 is 0 Å². The quantitative estimate of drug-likeness (QED) is 0.776. The number of nitrogens with zero attached hydrogens (tertiary/aromatic N) is 4. The minimum absolute atomic E-state index is 0.660. The highest BCUT2D eigenvalue weighted by molar-refractivity contribution is 7.18. The summed E-state index contributed by atoms with van der Waals surface area (Å²) in [5.41, 5.74) is 10.5. The van der Waals surface area contributed by atoms with Crippen LogP contribution in [0.15, 0.2) is 41.5 Å². The van der Waals surface area contributed by atoms with Crippen LogP contribution in [0, 0.1) is 0 Å². The molecule has 0 aliphatic carbocycles. The normalized spacial score (nSPS) is 12.4. The second-order valence-electron chi connectivity index (χ2n) is 4.90. The number of hydrogen-bond acceptors (Lipinski definition) is 7. The molecule has 0 unspecified atom stereocenters. The predicted octanol–water partition coefficient (Wildman–Crippen LogP) is 2.86. The number of nitrogens with one attached hydrogen (secondary N) is 1. The first-order valence-corrected chi connectivity index (χ1v) is 7.55. The molecule has 0 fully saturated rings. The van der Waals surface area contributed by atoms with Crippen LogP contribution in [0.3, 0.4) is 0 Å². The highest BCUT2D eigenvalue weighted by atomic mass is 32.1. The van der Waals surface area contributed by atoms with Crippen LogP contribution in [0.1, 0.15) is 11.1 Å². The van der Waals surface area contributed by atoms with Gasteiger partial charge in [-0.2, -0.15) is 0 Å². The first-order chi connectivity index (χ1) is 10.8. The summed E-state index contributed by atoms with van der Waals surface area (Å²) in [6, 6.07) is 9.69. The van der Waals surface area contributed by atoms with E-state index in [1.54, 1.807) is 18.3 Å². The predicted molar refractivity (Wildman–Crippen MR) is 88.6 cm³/mol. The zero-order valence-electron chi connectivity index (χ0n) is 11.5. The molecule has 0 radical (unpaired) electrons. The summed E-state index contributed by atoms with van der Waals surface area (Å²) in [7, 11) is 0. The first-order valence-electron chi connectivity index (χ1n) is 6.73. The van der Waals surface area contributed by atoms with E-state index in [4.69, 9.17) is 5.73 Å². The van der Waals surface area contributed by atoms with Gasteiger partial charge in [0, 0.05) is 23.8 Å². The van der Waals surface area contributed by atoms with Gasteiger partial charge in [-0.1, -0.05) is 17.4 Å².